The second-order valence-corrected chi connectivity index (χ2v) is 6.75. The first-order valence-electron chi connectivity index (χ1n) is 9.21. The Labute approximate surface area is 156 Å². The number of benzene rings is 1. The number of para-hydroxylation sites is 2. The van der Waals surface area contributed by atoms with Gasteiger partial charge in [0.05, 0.1) is 29.5 Å². The van der Waals surface area contributed by atoms with Crippen LogP contribution in [0.4, 0.5) is 0 Å². The van der Waals surface area contributed by atoms with Gasteiger partial charge in [-0.25, -0.2) is 4.98 Å². The molecule has 27 heavy (non-hydrogen) atoms. The summed E-state index contributed by atoms with van der Waals surface area (Å²) in [7, 11) is 0. The lowest BCUT2D eigenvalue weighted by Gasteiger charge is -2.26. The van der Waals surface area contributed by atoms with Crippen LogP contribution in [0.5, 0.6) is 0 Å². The molecule has 4 rings (SSSR count). The zero-order chi connectivity index (χ0) is 18.6. The van der Waals surface area contributed by atoms with Crippen molar-refractivity contribution in [3.63, 3.8) is 0 Å². The average molecular weight is 366 g/mol. The Kier molecular flexibility index (Phi) is 5.02. The Hall–Kier alpha value is -2.93. The minimum Gasteiger partial charge on any atom is -0.468 e. The first kappa shape index (κ1) is 17.5. The number of furan rings is 1. The summed E-state index contributed by atoms with van der Waals surface area (Å²) in [5, 5.41) is 2.97. The average Bonchev–Trinajstić information content (AvgIpc) is 3.39. The molecule has 1 unspecified atom stereocenters. The van der Waals surface area contributed by atoms with E-state index >= 15 is 0 Å². The van der Waals surface area contributed by atoms with Gasteiger partial charge in [0.25, 0.3) is 5.56 Å². The number of nitrogens with one attached hydrogen (secondary N) is 1. The number of hydrogen-bond acceptors (Lipinski definition) is 5. The van der Waals surface area contributed by atoms with Gasteiger partial charge in [-0.05, 0) is 50.2 Å². The molecule has 1 atom stereocenters. The number of aromatic nitrogens is 2. The van der Waals surface area contributed by atoms with Crippen molar-refractivity contribution in [1.29, 1.82) is 0 Å². The molecule has 7 heteroatoms. The van der Waals surface area contributed by atoms with Crippen LogP contribution in [0.25, 0.3) is 11.0 Å². The summed E-state index contributed by atoms with van der Waals surface area (Å²) < 4.78 is 7.03. The monoisotopic (exact) mass is 366 g/mol. The summed E-state index contributed by atoms with van der Waals surface area (Å²) >= 11 is 0. The van der Waals surface area contributed by atoms with Crippen LogP contribution in [0.2, 0.25) is 0 Å². The number of hydrogen-bond donors (Lipinski definition) is 1. The second-order valence-electron chi connectivity index (χ2n) is 6.75. The lowest BCUT2D eigenvalue weighted by molar-refractivity contribution is -0.121. The summed E-state index contributed by atoms with van der Waals surface area (Å²) in [5.41, 5.74) is 1.06. The summed E-state index contributed by atoms with van der Waals surface area (Å²) in [4.78, 5) is 31.2. The van der Waals surface area contributed by atoms with E-state index in [0.29, 0.717) is 17.6 Å². The summed E-state index contributed by atoms with van der Waals surface area (Å²) in [6, 6.07) is 11.1. The third kappa shape index (κ3) is 3.78. The maximum Gasteiger partial charge on any atom is 0.269 e. The molecule has 1 fully saturated rings. The molecular formula is C20H22N4O3. The molecule has 1 aromatic carbocycles. The molecule has 140 valence electrons. The van der Waals surface area contributed by atoms with Gasteiger partial charge in [0.15, 0.2) is 0 Å². The third-order valence-electron chi connectivity index (χ3n) is 5.00. The van der Waals surface area contributed by atoms with Gasteiger partial charge in [0.1, 0.15) is 12.3 Å². The zero-order valence-electron chi connectivity index (χ0n) is 15.0. The molecule has 1 saturated heterocycles. The van der Waals surface area contributed by atoms with Gasteiger partial charge < -0.3 is 9.73 Å². The Morgan fingerprint density at radius 2 is 2.00 bits per heavy atom. The molecule has 0 bridgehead atoms. The van der Waals surface area contributed by atoms with Crippen LogP contribution in [0.3, 0.4) is 0 Å². The quantitative estimate of drug-likeness (QED) is 0.721. The molecule has 0 spiro atoms. The van der Waals surface area contributed by atoms with Gasteiger partial charge >= 0.3 is 0 Å². The van der Waals surface area contributed by atoms with Crippen molar-refractivity contribution >= 4 is 16.9 Å². The third-order valence-corrected chi connectivity index (χ3v) is 5.00. The van der Waals surface area contributed by atoms with E-state index < -0.39 is 0 Å². The zero-order valence-corrected chi connectivity index (χ0v) is 15.0. The van der Waals surface area contributed by atoms with Gasteiger partial charge in [-0.1, -0.05) is 12.1 Å². The van der Waals surface area contributed by atoms with Gasteiger partial charge in [0.2, 0.25) is 5.91 Å². The number of likely N-dealkylation sites (tertiary alicyclic amines) is 1. The predicted molar refractivity (Wildman–Crippen MR) is 101 cm³/mol. The van der Waals surface area contributed by atoms with Crippen LogP contribution in [-0.2, 0) is 11.3 Å². The highest BCUT2D eigenvalue weighted by atomic mass is 16.3. The van der Waals surface area contributed by atoms with Crippen molar-refractivity contribution in [2.45, 2.75) is 25.4 Å². The Bertz CT molecular complexity index is 974. The van der Waals surface area contributed by atoms with Crippen LogP contribution in [0, 0.1) is 0 Å². The van der Waals surface area contributed by atoms with Gasteiger partial charge in [-0.3, -0.25) is 19.1 Å². The largest absolute Gasteiger partial charge is 0.468 e. The molecule has 2 aromatic heterocycles. The van der Waals surface area contributed by atoms with Crippen LogP contribution in [0.1, 0.15) is 24.6 Å². The van der Waals surface area contributed by atoms with E-state index in [4.69, 9.17) is 4.42 Å². The molecular weight excluding hydrogens is 344 g/mol. The minimum absolute atomic E-state index is 0.0114. The summed E-state index contributed by atoms with van der Waals surface area (Å²) in [6.07, 6.45) is 5.22. The molecule has 3 aromatic rings. The van der Waals surface area contributed by atoms with Crippen molar-refractivity contribution in [2.75, 3.05) is 19.6 Å². The van der Waals surface area contributed by atoms with E-state index in [1.807, 2.05) is 30.3 Å². The first-order chi connectivity index (χ1) is 13.2. The molecule has 0 radical (unpaired) electrons. The molecule has 7 nitrogen and oxygen atoms in total. The lowest BCUT2D eigenvalue weighted by atomic mass is 10.2. The van der Waals surface area contributed by atoms with E-state index in [2.05, 4.69) is 15.2 Å². The second kappa shape index (κ2) is 7.75. The van der Waals surface area contributed by atoms with E-state index in [0.717, 1.165) is 31.7 Å². The topological polar surface area (TPSA) is 80.4 Å². The first-order valence-corrected chi connectivity index (χ1v) is 9.21. The Morgan fingerprint density at radius 1 is 1.19 bits per heavy atom. The Morgan fingerprint density at radius 3 is 2.78 bits per heavy atom. The molecule has 1 aliphatic rings. The van der Waals surface area contributed by atoms with Crippen LogP contribution < -0.4 is 10.9 Å². The van der Waals surface area contributed by atoms with Crippen molar-refractivity contribution < 1.29 is 9.21 Å². The maximum absolute atomic E-state index is 12.6. The van der Waals surface area contributed by atoms with Gasteiger partial charge in [-0.2, -0.15) is 0 Å². The molecule has 0 aliphatic carbocycles. The smallest absolute Gasteiger partial charge is 0.269 e. The molecule has 3 heterocycles. The number of carbonyl (C=O) groups is 1. The van der Waals surface area contributed by atoms with Crippen molar-refractivity contribution in [3.8, 4) is 0 Å². The van der Waals surface area contributed by atoms with Crippen molar-refractivity contribution in [2.24, 2.45) is 0 Å². The predicted octanol–water partition coefficient (Wildman–Crippen LogP) is 1.94. The summed E-state index contributed by atoms with van der Waals surface area (Å²) in [6.45, 7) is 2.40. The van der Waals surface area contributed by atoms with Crippen LogP contribution >= 0.6 is 0 Å². The van der Waals surface area contributed by atoms with E-state index in [9.17, 15) is 9.59 Å². The fourth-order valence-corrected chi connectivity index (χ4v) is 3.63. The van der Waals surface area contributed by atoms with Crippen molar-refractivity contribution in [1.82, 2.24) is 19.8 Å². The number of nitrogens with zero attached hydrogens (tertiary/aromatic N) is 3. The highest BCUT2D eigenvalue weighted by Crippen LogP contribution is 2.24. The number of amides is 1. The van der Waals surface area contributed by atoms with E-state index in [1.54, 1.807) is 12.3 Å². The molecule has 1 N–H and O–H groups in total. The summed E-state index contributed by atoms with van der Waals surface area (Å²) in [5.74, 6) is 0.646. The Balaban J connectivity index is 1.48. The minimum atomic E-state index is -0.286. The van der Waals surface area contributed by atoms with E-state index in [-0.39, 0.29) is 24.1 Å². The van der Waals surface area contributed by atoms with Crippen molar-refractivity contribution in [3.05, 3.63) is 65.0 Å². The standard InChI is InChI=1S/C20H22N4O3/c25-19(14-24-16-7-2-1-6-15(16)21-13-20(24)26)22-12-17(18-8-5-11-27-18)23-9-3-4-10-23/h1-2,5-8,11,13,17H,3-4,9-10,12,14H2,(H,22,25). The molecule has 0 saturated carbocycles. The fraction of sp³-hybridized carbons (Fsp3) is 0.350. The lowest BCUT2D eigenvalue weighted by Crippen LogP contribution is -2.39. The number of fused-ring (bicyclic) bond motifs is 1. The number of carbonyl (C=O) groups excluding carboxylic acids is 1. The van der Waals surface area contributed by atoms with Gasteiger partial charge in [-0.15, -0.1) is 0 Å². The van der Waals surface area contributed by atoms with Crippen LogP contribution in [0.15, 0.2) is 58.1 Å². The highest BCUT2D eigenvalue weighted by Gasteiger charge is 2.26. The van der Waals surface area contributed by atoms with Crippen LogP contribution in [-0.4, -0.2) is 40.0 Å². The SMILES string of the molecule is O=C(Cn1c(=O)cnc2ccccc21)NCC(c1ccco1)N1CCCC1. The fourth-order valence-electron chi connectivity index (χ4n) is 3.63. The van der Waals surface area contributed by atoms with Gasteiger partial charge in [0, 0.05) is 6.54 Å². The number of rotatable bonds is 6. The van der Waals surface area contributed by atoms with E-state index in [1.165, 1.54) is 10.8 Å². The normalized spacial score (nSPS) is 15.9. The highest BCUT2D eigenvalue weighted by molar-refractivity contribution is 5.79. The maximum atomic E-state index is 12.6. The molecule has 1 aliphatic heterocycles. The molecule has 1 amide bonds.